The van der Waals surface area contributed by atoms with Crippen molar-refractivity contribution in [2.24, 2.45) is 5.92 Å². The largest absolute Gasteiger partial charge is 0.479 e. The Hall–Kier alpha value is -3.39. The summed E-state index contributed by atoms with van der Waals surface area (Å²) < 4.78 is 5.43. The van der Waals surface area contributed by atoms with Crippen LogP contribution in [0.1, 0.15) is 30.4 Å². The third-order valence-electron chi connectivity index (χ3n) is 5.35. The molecule has 2 aromatic rings. The van der Waals surface area contributed by atoms with Gasteiger partial charge >= 0.3 is 12.1 Å². The van der Waals surface area contributed by atoms with Gasteiger partial charge in [-0.3, -0.25) is 4.79 Å². The van der Waals surface area contributed by atoms with E-state index in [0.29, 0.717) is 0 Å². The van der Waals surface area contributed by atoms with Crippen LogP contribution in [-0.2, 0) is 14.3 Å². The van der Waals surface area contributed by atoms with E-state index in [0.717, 1.165) is 22.3 Å². The lowest BCUT2D eigenvalue weighted by molar-refractivity contribution is -0.147. The number of hydrogen-bond acceptors (Lipinski definition) is 5. The topological polar surface area (TPSA) is 125 Å². The van der Waals surface area contributed by atoms with Gasteiger partial charge in [0.25, 0.3) is 0 Å². The van der Waals surface area contributed by atoms with Crippen LogP contribution in [0.3, 0.4) is 0 Å². The summed E-state index contributed by atoms with van der Waals surface area (Å²) in [5.74, 6) is -2.27. The number of ether oxygens (including phenoxy) is 1. The summed E-state index contributed by atoms with van der Waals surface area (Å²) in [5.41, 5.74) is 4.52. The number of aliphatic hydroxyl groups is 1. The molecule has 1 aliphatic rings. The Balaban J connectivity index is 1.45. The van der Waals surface area contributed by atoms with Crippen molar-refractivity contribution in [3.63, 3.8) is 0 Å². The van der Waals surface area contributed by atoms with Gasteiger partial charge in [0.2, 0.25) is 5.91 Å². The van der Waals surface area contributed by atoms with Crippen LogP contribution in [0.5, 0.6) is 0 Å². The van der Waals surface area contributed by atoms with Crippen molar-refractivity contribution >= 4 is 18.0 Å². The number of carbonyl (C=O) groups is 3. The predicted molar refractivity (Wildman–Crippen MR) is 114 cm³/mol. The molecule has 4 N–H and O–H groups in total. The molecule has 3 rings (SSSR count). The molecule has 0 saturated heterocycles. The van der Waals surface area contributed by atoms with Gasteiger partial charge in [-0.1, -0.05) is 55.5 Å². The van der Waals surface area contributed by atoms with Crippen molar-refractivity contribution in [3.8, 4) is 11.1 Å². The highest BCUT2D eigenvalue weighted by Gasteiger charge is 2.29. The van der Waals surface area contributed by atoms with Gasteiger partial charge in [-0.05, 0) is 22.3 Å². The van der Waals surface area contributed by atoms with Gasteiger partial charge < -0.3 is 25.6 Å². The number of rotatable bonds is 9. The van der Waals surface area contributed by atoms with Gasteiger partial charge in [-0.15, -0.1) is 0 Å². The number of hydrogen-bond donors (Lipinski definition) is 4. The first-order valence-electron chi connectivity index (χ1n) is 10.2. The van der Waals surface area contributed by atoms with Gasteiger partial charge in [0.05, 0.1) is 5.92 Å². The Morgan fingerprint density at radius 3 is 2.16 bits per heavy atom. The van der Waals surface area contributed by atoms with Gasteiger partial charge in [0.1, 0.15) is 6.61 Å². The number of aliphatic hydroxyl groups excluding tert-OH is 1. The highest BCUT2D eigenvalue weighted by atomic mass is 16.5. The predicted octanol–water partition coefficient (Wildman–Crippen LogP) is 2.11. The Labute approximate surface area is 180 Å². The molecule has 0 bridgehead atoms. The summed E-state index contributed by atoms with van der Waals surface area (Å²) in [4.78, 5) is 34.7. The molecule has 31 heavy (non-hydrogen) atoms. The van der Waals surface area contributed by atoms with Crippen LogP contribution >= 0.6 is 0 Å². The average Bonchev–Trinajstić information content (AvgIpc) is 3.09. The minimum atomic E-state index is -1.52. The zero-order valence-electron chi connectivity index (χ0n) is 17.2. The Bertz CT molecular complexity index is 915. The SMILES string of the molecule is CC(CNC(=O)OCC1c2ccccc2-c2ccccc21)C(=O)NCC[C@H](O)C(=O)O. The fourth-order valence-corrected chi connectivity index (χ4v) is 3.61. The van der Waals surface area contributed by atoms with E-state index in [2.05, 4.69) is 22.8 Å². The van der Waals surface area contributed by atoms with E-state index in [-0.39, 0.29) is 37.9 Å². The molecule has 0 aliphatic heterocycles. The molecule has 0 aromatic heterocycles. The van der Waals surface area contributed by atoms with E-state index in [1.165, 1.54) is 0 Å². The maximum absolute atomic E-state index is 12.2. The molecule has 1 aliphatic carbocycles. The highest BCUT2D eigenvalue weighted by molar-refractivity contribution is 5.80. The number of amides is 2. The van der Waals surface area contributed by atoms with E-state index in [1.54, 1.807) is 6.92 Å². The van der Waals surface area contributed by atoms with Crippen molar-refractivity contribution in [2.75, 3.05) is 19.7 Å². The number of fused-ring (bicyclic) bond motifs is 3. The fourth-order valence-electron chi connectivity index (χ4n) is 3.61. The molecule has 8 nitrogen and oxygen atoms in total. The van der Waals surface area contributed by atoms with Gasteiger partial charge in [0.15, 0.2) is 6.10 Å². The number of alkyl carbamates (subject to hydrolysis) is 1. The normalized spacial score (nSPS) is 14.1. The lowest BCUT2D eigenvalue weighted by Gasteiger charge is -2.16. The van der Waals surface area contributed by atoms with Crippen molar-refractivity contribution in [1.29, 1.82) is 0 Å². The molecule has 0 heterocycles. The standard InChI is InChI=1S/C23H26N2O6/c1-14(21(27)24-11-10-20(26)22(28)29)12-25-23(30)31-13-19-17-8-4-2-6-15(17)16-7-3-5-9-18(16)19/h2-9,14,19-20,26H,10-13H2,1H3,(H,24,27)(H,25,30)(H,28,29)/t14?,20-/m0/s1. The first-order chi connectivity index (χ1) is 14.9. The molecule has 0 saturated carbocycles. The molecule has 2 aromatic carbocycles. The molecular formula is C23H26N2O6. The third-order valence-corrected chi connectivity index (χ3v) is 5.35. The van der Waals surface area contributed by atoms with Gasteiger partial charge in [0, 0.05) is 25.4 Å². The third kappa shape index (κ3) is 5.40. The Morgan fingerprint density at radius 2 is 1.58 bits per heavy atom. The summed E-state index contributed by atoms with van der Waals surface area (Å²) in [6.45, 7) is 1.92. The average molecular weight is 426 g/mol. The van der Waals surface area contributed by atoms with Crippen molar-refractivity contribution in [2.45, 2.75) is 25.4 Å². The van der Waals surface area contributed by atoms with Crippen molar-refractivity contribution in [1.82, 2.24) is 10.6 Å². The number of carboxylic acids is 1. The van der Waals surface area contributed by atoms with Crippen LogP contribution < -0.4 is 10.6 Å². The zero-order chi connectivity index (χ0) is 22.4. The van der Waals surface area contributed by atoms with Crippen LogP contribution in [0.25, 0.3) is 11.1 Å². The van der Waals surface area contributed by atoms with Crippen molar-refractivity contribution in [3.05, 3.63) is 59.7 Å². The minimum absolute atomic E-state index is 0.0293. The molecule has 0 spiro atoms. The molecular weight excluding hydrogens is 400 g/mol. The summed E-state index contributed by atoms with van der Waals surface area (Å²) in [7, 11) is 0. The second kappa shape index (κ2) is 10.1. The number of carboxylic acid groups (broad SMARTS) is 1. The van der Waals surface area contributed by atoms with Crippen LogP contribution in [0.2, 0.25) is 0 Å². The molecule has 164 valence electrons. The first kappa shape index (κ1) is 22.3. The fraction of sp³-hybridized carbons (Fsp3) is 0.348. The maximum atomic E-state index is 12.2. The maximum Gasteiger partial charge on any atom is 0.407 e. The lowest BCUT2D eigenvalue weighted by Crippen LogP contribution is -2.39. The van der Waals surface area contributed by atoms with E-state index >= 15 is 0 Å². The highest BCUT2D eigenvalue weighted by Crippen LogP contribution is 2.44. The van der Waals surface area contributed by atoms with Crippen LogP contribution in [-0.4, -0.2) is 54.0 Å². The van der Waals surface area contributed by atoms with Gasteiger partial charge in [-0.2, -0.15) is 0 Å². The quantitative estimate of drug-likeness (QED) is 0.487. The summed E-state index contributed by atoms with van der Waals surface area (Å²) in [5, 5.41) is 22.9. The Kier molecular flexibility index (Phi) is 7.25. The number of aliphatic carboxylic acids is 1. The second-order valence-electron chi connectivity index (χ2n) is 7.54. The smallest absolute Gasteiger partial charge is 0.407 e. The monoisotopic (exact) mass is 426 g/mol. The molecule has 0 fully saturated rings. The van der Waals surface area contributed by atoms with E-state index in [4.69, 9.17) is 9.84 Å². The number of benzene rings is 2. The van der Waals surface area contributed by atoms with Crippen molar-refractivity contribution < 1.29 is 29.3 Å². The molecule has 0 radical (unpaired) electrons. The molecule has 1 unspecified atom stereocenters. The van der Waals surface area contributed by atoms with Crippen LogP contribution in [0.15, 0.2) is 48.5 Å². The first-order valence-corrected chi connectivity index (χ1v) is 10.2. The van der Waals surface area contributed by atoms with E-state index < -0.39 is 24.1 Å². The number of nitrogens with one attached hydrogen (secondary N) is 2. The van der Waals surface area contributed by atoms with Crippen LogP contribution in [0.4, 0.5) is 4.79 Å². The van der Waals surface area contributed by atoms with E-state index in [9.17, 15) is 19.5 Å². The number of carbonyl (C=O) groups excluding carboxylic acids is 2. The molecule has 2 atom stereocenters. The summed E-state index contributed by atoms with van der Waals surface area (Å²) in [6, 6.07) is 16.1. The zero-order valence-corrected chi connectivity index (χ0v) is 17.2. The minimum Gasteiger partial charge on any atom is -0.479 e. The molecule has 2 amide bonds. The summed E-state index contributed by atoms with van der Waals surface area (Å²) >= 11 is 0. The molecule has 8 heteroatoms. The lowest BCUT2D eigenvalue weighted by atomic mass is 9.98. The second-order valence-corrected chi connectivity index (χ2v) is 7.54. The Morgan fingerprint density at radius 1 is 1.00 bits per heavy atom. The van der Waals surface area contributed by atoms with E-state index in [1.807, 2.05) is 36.4 Å². The van der Waals surface area contributed by atoms with Gasteiger partial charge in [-0.25, -0.2) is 9.59 Å². The summed E-state index contributed by atoms with van der Waals surface area (Å²) in [6.07, 6.45) is -2.22. The van der Waals surface area contributed by atoms with Crippen LogP contribution in [0, 0.1) is 5.92 Å².